The molecule has 2 heterocycles. The van der Waals surface area contributed by atoms with Gasteiger partial charge in [0.1, 0.15) is 15.5 Å². The smallest absolute Gasteiger partial charge is 0.346 e. The van der Waals surface area contributed by atoms with Crippen molar-refractivity contribution in [2.24, 2.45) is 0 Å². The largest absolute Gasteiger partial charge is 0.497 e. The number of amides is 1. The SMILES string of the molecule is CNC(=O)c1cnc2sc(C(=O)O)c(-c3ccc(OC)cc3)c2c1. The fraction of sp³-hybridized carbons (Fsp3) is 0.118. The third-order valence-electron chi connectivity index (χ3n) is 3.61. The van der Waals surface area contributed by atoms with Gasteiger partial charge in [-0.05, 0) is 23.8 Å². The van der Waals surface area contributed by atoms with Crippen LogP contribution < -0.4 is 10.1 Å². The molecule has 0 atom stereocenters. The summed E-state index contributed by atoms with van der Waals surface area (Å²) in [7, 11) is 3.10. The maximum absolute atomic E-state index is 11.8. The van der Waals surface area contributed by atoms with E-state index in [1.807, 2.05) is 0 Å². The van der Waals surface area contributed by atoms with Gasteiger partial charge in [0.25, 0.3) is 5.91 Å². The highest BCUT2D eigenvalue weighted by atomic mass is 32.1. The van der Waals surface area contributed by atoms with Crippen LogP contribution in [0, 0.1) is 0 Å². The van der Waals surface area contributed by atoms with E-state index in [0.717, 1.165) is 16.9 Å². The number of benzene rings is 1. The van der Waals surface area contributed by atoms with Gasteiger partial charge in [0.05, 0.1) is 12.7 Å². The van der Waals surface area contributed by atoms with Crippen LogP contribution in [0.4, 0.5) is 0 Å². The van der Waals surface area contributed by atoms with E-state index in [9.17, 15) is 14.7 Å². The first-order valence-corrected chi connectivity index (χ1v) is 7.89. The van der Waals surface area contributed by atoms with Crippen LogP contribution in [0.1, 0.15) is 20.0 Å². The summed E-state index contributed by atoms with van der Waals surface area (Å²) in [6.07, 6.45) is 1.45. The van der Waals surface area contributed by atoms with Gasteiger partial charge in [-0.2, -0.15) is 0 Å². The summed E-state index contributed by atoms with van der Waals surface area (Å²) in [5.74, 6) is -0.613. The molecule has 122 valence electrons. The lowest BCUT2D eigenvalue weighted by atomic mass is 10.0. The highest BCUT2D eigenvalue weighted by Crippen LogP contribution is 2.38. The molecular formula is C17H14N2O4S. The number of hydrogen-bond acceptors (Lipinski definition) is 5. The first kappa shape index (κ1) is 15.9. The number of carbonyl (C=O) groups excluding carboxylic acids is 1. The number of nitrogens with one attached hydrogen (secondary N) is 1. The zero-order valence-electron chi connectivity index (χ0n) is 13.0. The van der Waals surface area contributed by atoms with Crippen molar-refractivity contribution in [3.05, 3.63) is 47.0 Å². The highest BCUT2D eigenvalue weighted by Gasteiger charge is 2.21. The lowest BCUT2D eigenvalue weighted by Crippen LogP contribution is -2.17. The summed E-state index contributed by atoms with van der Waals surface area (Å²) in [5, 5.41) is 12.7. The van der Waals surface area contributed by atoms with E-state index in [1.165, 1.54) is 13.2 Å². The molecule has 0 unspecified atom stereocenters. The number of fused-ring (bicyclic) bond motifs is 1. The molecule has 24 heavy (non-hydrogen) atoms. The first-order chi connectivity index (χ1) is 11.5. The summed E-state index contributed by atoms with van der Waals surface area (Å²) in [4.78, 5) is 28.5. The van der Waals surface area contributed by atoms with Crippen LogP contribution in [0.3, 0.4) is 0 Å². The van der Waals surface area contributed by atoms with Crippen LogP contribution in [0.2, 0.25) is 0 Å². The number of aromatic nitrogens is 1. The monoisotopic (exact) mass is 342 g/mol. The number of aromatic carboxylic acids is 1. The number of carboxylic acid groups (broad SMARTS) is 1. The second kappa shape index (κ2) is 6.29. The minimum Gasteiger partial charge on any atom is -0.497 e. The summed E-state index contributed by atoms with van der Waals surface area (Å²) in [6, 6.07) is 8.78. The number of methoxy groups -OCH3 is 1. The Labute approximate surface area is 141 Å². The van der Waals surface area contributed by atoms with Gasteiger partial charge in [-0.3, -0.25) is 4.79 Å². The topological polar surface area (TPSA) is 88.5 Å². The van der Waals surface area contributed by atoms with E-state index in [4.69, 9.17) is 4.74 Å². The van der Waals surface area contributed by atoms with Crippen molar-refractivity contribution in [1.82, 2.24) is 10.3 Å². The molecule has 2 N–H and O–H groups in total. The van der Waals surface area contributed by atoms with Gasteiger partial charge in [-0.25, -0.2) is 9.78 Å². The van der Waals surface area contributed by atoms with Crippen LogP contribution in [-0.4, -0.2) is 36.1 Å². The highest BCUT2D eigenvalue weighted by molar-refractivity contribution is 7.21. The number of nitrogens with zero attached hydrogens (tertiary/aromatic N) is 1. The fourth-order valence-corrected chi connectivity index (χ4v) is 3.43. The number of thiophene rings is 1. The van der Waals surface area contributed by atoms with Crippen molar-refractivity contribution in [1.29, 1.82) is 0 Å². The third kappa shape index (κ3) is 2.69. The Morgan fingerprint density at radius 1 is 1.25 bits per heavy atom. The van der Waals surface area contributed by atoms with Gasteiger partial charge in [-0.1, -0.05) is 12.1 Å². The van der Waals surface area contributed by atoms with E-state index in [-0.39, 0.29) is 10.8 Å². The lowest BCUT2D eigenvalue weighted by Gasteiger charge is -2.05. The number of rotatable bonds is 4. The number of pyridine rings is 1. The molecular weight excluding hydrogens is 328 g/mol. The maximum Gasteiger partial charge on any atom is 0.346 e. The lowest BCUT2D eigenvalue weighted by molar-refractivity contribution is 0.0702. The second-order valence-corrected chi connectivity index (χ2v) is 5.99. The standard InChI is InChI=1S/C17H14N2O4S/c1-18-15(20)10-7-12-13(9-3-5-11(23-2)6-4-9)14(17(21)22)24-16(12)19-8-10/h3-8H,1-2H3,(H,18,20)(H,21,22). The van der Waals surface area contributed by atoms with Gasteiger partial charge in [0, 0.05) is 24.2 Å². The number of ether oxygens (including phenoxy) is 1. The molecule has 3 aromatic rings. The molecule has 0 fully saturated rings. The molecule has 7 heteroatoms. The van der Waals surface area contributed by atoms with E-state index in [1.54, 1.807) is 37.4 Å². The molecule has 0 aliphatic carbocycles. The average Bonchev–Trinajstić information content (AvgIpc) is 3.00. The Kier molecular flexibility index (Phi) is 4.18. The predicted octanol–water partition coefficient (Wildman–Crippen LogP) is 3.03. The van der Waals surface area contributed by atoms with E-state index >= 15 is 0 Å². The average molecular weight is 342 g/mol. The van der Waals surface area contributed by atoms with Crippen molar-refractivity contribution < 1.29 is 19.4 Å². The van der Waals surface area contributed by atoms with Crippen molar-refractivity contribution in [3.8, 4) is 16.9 Å². The molecule has 0 aliphatic rings. The number of carbonyl (C=O) groups is 2. The van der Waals surface area contributed by atoms with E-state index in [0.29, 0.717) is 27.1 Å². The van der Waals surface area contributed by atoms with E-state index in [2.05, 4.69) is 10.3 Å². The van der Waals surface area contributed by atoms with Gasteiger partial charge in [0.15, 0.2) is 0 Å². The van der Waals surface area contributed by atoms with Crippen molar-refractivity contribution in [2.45, 2.75) is 0 Å². The van der Waals surface area contributed by atoms with Gasteiger partial charge in [0.2, 0.25) is 0 Å². The minimum atomic E-state index is -1.02. The Bertz CT molecular complexity index is 932. The fourth-order valence-electron chi connectivity index (χ4n) is 2.45. The number of hydrogen-bond donors (Lipinski definition) is 2. The Morgan fingerprint density at radius 2 is 1.96 bits per heavy atom. The van der Waals surface area contributed by atoms with Crippen LogP contribution in [0.15, 0.2) is 36.5 Å². The molecule has 0 radical (unpaired) electrons. The van der Waals surface area contributed by atoms with Crippen molar-refractivity contribution >= 4 is 33.4 Å². The molecule has 0 saturated carbocycles. The molecule has 2 aromatic heterocycles. The minimum absolute atomic E-state index is 0.191. The van der Waals surface area contributed by atoms with Crippen LogP contribution in [-0.2, 0) is 0 Å². The molecule has 1 amide bonds. The molecule has 0 aliphatic heterocycles. The van der Waals surface area contributed by atoms with Crippen LogP contribution in [0.25, 0.3) is 21.3 Å². The maximum atomic E-state index is 11.8. The Balaban J connectivity index is 2.26. The predicted molar refractivity (Wildman–Crippen MR) is 92.0 cm³/mol. The summed E-state index contributed by atoms with van der Waals surface area (Å²) < 4.78 is 5.14. The molecule has 0 saturated heterocycles. The van der Waals surface area contributed by atoms with Gasteiger partial charge in [-0.15, -0.1) is 11.3 Å². The number of carboxylic acids is 1. The van der Waals surface area contributed by atoms with E-state index < -0.39 is 5.97 Å². The molecule has 6 nitrogen and oxygen atoms in total. The molecule has 0 bridgehead atoms. The third-order valence-corrected chi connectivity index (χ3v) is 4.71. The molecule has 0 spiro atoms. The van der Waals surface area contributed by atoms with Crippen LogP contribution in [0.5, 0.6) is 5.75 Å². The molecule has 1 aromatic carbocycles. The van der Waals surface area contributed by atoms with Gasteiger partial charge >= 0.3 is 5.97 Å². The van der Waals surface area contributed by atoms with Crippen molar-refractivity contribution in [3.63, 3.8) is 0 Å². The van der Waals surface area contributed by atoms with Crippen molar-refractivity contribution in [2.75, 3.05) is 14.2 Å². The Hall–Kier alpha value is -2.93. The first-order valence-electron chi connectivity index (χ1n) is 7.07. The quantitative estimate of drug-likeness (QED) is 0.761. The second-order valence-electron chi connectivity index (χ2n) is 5.00. The van der Waals surface area contributed by atoms with Crippen LogP contribution >= 0.6 is 11.3 Å². The summed E-state index contributed by atoms with van der Waals surface area (Å²) in [5.41, 5.74) is 1.67. The summed E-state index contributed by atoms with van der Waals surface area (Å²) in [6.45, 7) is 0. The summed E-state index contributed by atoms with van der Waals surface area (Å²) >= 11 is 1.09. The van der Waals surface area contributed by atoms with Gasteiger partial charge < -0.3 is 15.2 Å². The zero-order valence-corrected chi connectivity index (χ0v) is 13.8. The normalized spacial score (nSPS) is 10.6. The Morgan fingerprint density at radius 3 is 2.54 bits per heavy atom. The molecule has 3 rings (SSSR count). The zero-order chi connectivity index (χ0) is 17.3.